The molecule has 5 heteroatoms. The molecular formula is C19H22N4S. The van der Waals surface area contributed by atoms with Gasteiger partial charge < -0.3 is 10.6 Å². The Morgan fingerprint density at radius 2 is 2.04 bits per heavy atom. The standard InChI is InChI=1S/C19H22N4S/c1-14(18-8-5-11-24-18)12-22-19(20-2)23-13-15-9-10-21-17-7-4-3-6-16(15)17/h3-11,14H,12-13H2,1-2H3,(H2,20,22,23). The van der Waals surface area contributed by atoms with Crippen molar-refractivity contribution in [3.05, 3.63) is 64.5 Å². The molecule has 0 amide bonds. The molecule has 0 saturated carbocycles. The smallest absolute Gasteiger partial charge is 0.191 e. The van der Waals surface area contributed by atoms with Crippen molar-refractivity contribution in [2.24, 2.45) is 4.99 Å². The number of benzene rings is 1. The van der Waals surface area contributed by atoms with Crippen LogP contribution in [-0.4, -0.2) is 24.5 Å². The summed E-state index contributed by atoms with van der Waals surface area (Å²) in [5, 5.41) is 10.1. The van der Waals surface area contributed by atoms with Crippen LogP contribution in [-0.2, 0) is 6.54 Å². The summed E-state index contributed by atoms with van der Waals surface area (Å²) in [5.74, 6) is 1.28. The fraction of sp³-hybridized carbons (Fsp3) is 0.263. The molecule has 0 saturated heterocycles. The molecule has 2 aromatic heterocycles. The van der Waals surface area contributed by atoms with Crippen LogP contribution in [0.15, 0.2) is 59.0 Å². The average Bonchev–Trinajstić information content (AvgIpc) is 3.16. The van der Waals surface area contributed by atoms with Gasteiger partial charge in [-0.05, 0) is 29.1 Å². The van der Waals surface area contributed by atoms with Crippen LogP contribution in [0.4, 0.5) is 0 Å². The fourth-order valence-corrected chi connectivity index (χ4v) is 3.42. The van der Waals surface area contributed by atoms with E-state index in [1.807, 2.05) is 24.4 Å². The summed E-state index contributed by atoms with van der Waals surface area (Å²) in [4.78, 5) is 10.1. The molecule has 2 N–H and O–H groups in total. The third kappa shape index (κ3) is 3.92. The van der Waals surface area contributed by atoms with Gasteiger partial charge in [0.2, 0.25) is 0 Å². The zero-order valence-electron chi connectivity index (χ0n) is 14.0. The first-order valence-corrected chi connectivity index (χ1v) is 8.96. The maximum Gasteiger partial charge on any atom is 0.191 e. The number of nitrogens with one attached hydrogen (secondary N) is 2. The van der Waals surface area contributed by atoms with E-state index in [0.717, 1.165) is 24.6 Å². The third-order valence-corrected chi connectivity index (χ3v) is 5.12. The second-order valence-electron chi connectivity index (χ2n) is 5.71. The topological polar surface area (TPSA) is 49.3 Å². The molecule has 0 spiro atoms. The molecule has 1 unspecified atom stereocenters. The minimum atomic E-state index is 0.463. The van der Waals surface area contributed by atoms with E-state index < -0.39 is 0 Å². The first kappa shape index (κ1) is 16.5. The van der Waals surface area contributed by atoms with Gasteiger partial charge in [-0.3, -0.25) is 9.98 Å². The van der Waals surface area contributed by atoms with E-state index in [1.165, 1.54) is 15.8 Å². The van der Waals surface area contributed by atoms with Crippen molar-refractivity contribution in [3.63, 3.8) is 0 Å². The van der Waals surface area contributed by atoms with Gasteiger partial charge in [0.15, 0.2) is 5.96 Å². The summed E-state index contributed by atoms with van der Waals surface area (Å²) in [7, 11) is 1.80. The van der Waals surface area contributed by atoms with Crippen LogP contribution in [0.5, 0.6) is 0 Å². The second kappa shape index (κ2) is 7.93. The molecule has 0 aliphatic heterocycles. The van der Waals surface area contributed by atoms with Gasteiger partial charge in [0, 0.05) is 42.5 Å². The summed E-state index contributed by atoms with van der Waals surface area (Å²) < 4.78 is 0. The van der Waals surface area contributed by atoms with Gasteiger partial charge in [-0.2, -0.15) is 0 Å². The molecule has 3 aromatic rings. The van der Waals surface area contributed by atoms with Crippen molar-refractivity contribution in [1.82, 2.24) is 15.6 Å². The summed E-state index contributed by atoms with van der Waals surface area (Å²) >= 11 is 1.79. The van der Waals surface area contributed by atoms with Gasteiger partial charge >= 0.3 is 0 Å². The molecule has 0 aliphatic rings. The Balaban J connectivity index is 1.60. The van der Waals surface area contributed by atoms with Crippen LogP contribution in [0.2, 0.25) is 0 Å². The monoisotopic (exact) mass is 338 g/mol. The molecular weight excluding hydrogens is 316 g/mol. The molecule has 3 rings (SSSR count). The number of guanidine groups is 1. The molecule has 0 bridgehead atoms. The van der Waals surface area contributed by atoms with Gasteiger partial charge in [-0.1, -0.05) is 31.2 Å². The van der Waals surface area contributed by atoms with Gasteiger partial charge in [0.25, 0.3) is 0 Å². The number of rotatable bonds is 5. The fourth-order valence-electron chi connectivity index (χ4n) is 2.63. The molecule has 1 atom stereocenters. The van der Waals surface area contributed by atoms with E-state index in [0.29, 0.717) is 5.92 Å². The first-order chi connectivity index (χ1) is 11.8. The Labute approximate surface area is 146 Å². The average molecular weight is 338 g/mol. The third-order valence-electron chi connectivity index (χ3n) is 4.01. The quantitative estimate of drug-likeness (QED) is 0.550. The highest BCUT2D eigenvalue weighted by Crippen LogP contribution is 2.19. The Morgan fingerprint density at radius 1 is 1.17 bits per heavy atom. The number of hydrogen-bond donors (Lipinski definition) is 2. The number of pyridine rings is 1. The van der Waals surface area contributed by atoms with Gasteiger partial charge in [0.1, 0.15) is 0 Å². The van der Waals surface area contributed by atoms with Gasteiger partial charge in [-0.15, -0.1) is 11.3 Å². The summed E-state index contributed by atoms with van der Waals surface area (Å²) in [6.45, 7) is 3.80. The van der Waals surface area contributed by atoms with Crippen LogP contribution in [0, 0.1) is 0 Å². The number of nitrogens with zero attached hydrogens (tertiary/aromatic N) is 2. The minimum absolute atomic E-state index is 0.463. The minimum Gasteiger partial charge on any atom is -0.356 e. The van der Waals surface area contributed by atoms with Gasteiger partial charge in [0.05, 0.1) is 5.52 Å². The van der Waals surface area contributed by atoms with E-state index in [9.17, 15) is 0 Å². The Bertz CT molecular complexity index is 806. The molecule has 0 aliphatic carbocycles. The zero-order valence-corrected chi connectivity index (χ0v) is 14.8. The summed E-state index contributed by atoms with van der Waals surface area (Å²) in [6.07, 6.45) is 1.86. The number of aliphatic imine (C=N–C) groups is 1. The molecule has 4 nitrogen and oxygen atoms in total. The van der Waals surface area contributed by atoms with Crippen LogP contribution in [0.1, 0.15) is 23.3 Å². The lowest BCUT2D eigenvalue weighted by molar-refractivity contribution is 0.709. The predicted octanol–water partition coefficient (Wildman–Crippen LogP) is 3.77. The maximum atomic E-state index is 4.40. The lowest BCUT2D eigenvalue weighted by atomic mass is 10.1. The Kier molecular flexibility index (Phi) is 5.43. The molecule has 0 radical (unpaired) electrons. The number of fused-ring (bicyclic) bond motifs is 1. The summed E-state index contributed by atoms with van der Waals surface area (Å²) in [6, 6.07) is 14.5. The number of thiophene rings is 1. The molecule has 2 heterocycles. The van der Waals surface area contributed by atoms with E-state index in [4.69, 9.17) is 0 Å². The normalized spacial score (nSPS) is 13.0. The van der Waals surface area contributed by atoms with E-state index >= 15 is 0 Å². The van der Waals surface area contributed by atoms with Crippen LogP contribution < -0.4 is 10.6 Å². The number of para-hydroxylation sites is 1. The molecule has 124 valence electrons. The van der Waals surface area contributed by atoms with E-state index in [1.54, 1.807) is 18.4 Å². The van der Waals surface area contributed by atoms with Crippen LogP contribution >= 0.6 is 11.3 Å². The first-order valence-electron chi connectivity index (χ1n) is 8.08. The number of hydrogen-bond acceptors (Lipinski definition) is 3. The van der Waals surface area contributed by atoms with Crippen molar-refractivity contribution >= 4 is 28.2 Å². The Hall–Kier alpha value is -2.40. The van der Waals surface area contributed by atoms with Crippen molar-refractivity contribution in [2.75, 3.05) is 13.6 Å². The van der Waals surface area contributed by atoms with Crippen LogP contribution in [0.25, 0.3) is 10.9 Å². The molecule has 24 heavy (non-hydrogen) atoms. The lowest BCUT2D eigenvalue weighted by Crippen LogP contribution is -2.38. The molecule has 1 aromatic carbocycles. The Morgan fingerprint density at radius 3 is 2.83 bits per heavy atom. The second-order valence-corrected chi connectivity index (χ2v) is 6.69. The van der Waals surface area contributed by atoms with E-state index in [2.05, 4.69) is 57.2 Å². The van der Waals surface area contributed by atoms with Crippen molar-refractivity contribution in [3.8, 4) is 0 Å². The predicted molar refractivity (Wildman–Crippen MR) is 103 cm³/mol. The van der Waals surface area contributed by atoms with Crippen molar-refractivity contribution in [1.29, 1.82) is 0 Å². The highest BCUT2D eigenvalue weighted by Gasteiger charge is 2.08. The highest BCUT2D eigenvalue weighted by molar-refractivity contribution is 7.10. The van der Waals surface area contributed by atoms with Gasteiger partial charge in [-0.25, -0.2) is 0 Å². The summed E-state index contributed by atoms with van der Waals surface area (Å²) in [5.41, 5.74) is 2.24. The molecule has 0 fully saturated rings. The van der Waals surface area contributed by atoms with Crippen LogP contribution in [0.3, 0.4) is 0 Å². The van der Waals surface area contributed by atoms with Crippen molar-refractivity contribution in [2.45, 2.75) is 19.4 Å². The number of aromatic nitrogens is 1. The largest absolute Gasteiger partial charge is 0.356 e. The van der Waals surface area contributed by atoms with Crippen molar-refractivity contribution < 1.29 is 0 Å². The zero-order chi connectivity index (χ0) is 16.8. The maximum absolute atomic E-state index is 4.40. The highest BCUT2D eigenvalue weighted by atomic mass is 32.1. The SMILES string of the molecule is CN=C(NCc1ccnc2ccccc12)NCC(C)c1cccs1. The van der Waals surface area contributed by atoms with E-state index in [-0.39, 0.29) is 0 Å². The lowest BCUT2D eigenvalue weighted by Gasteiger charge is -2.15.